The molecule has 1 aromatic carbocycles. The second kappa shape index (κ2) is 11.3. The van der Waals surface area contributed by atoms with Crippen LogP contribution >= 0.6 is 12.4 Å². The molecule has 1 fully saturated rings. The van der Waals surface area contributed by atoms with Gasteiger partial charge in [0.15, 0.2) is 0 Å². The monoisotopic (exact) mass is 372 g/mol. The first kappa shape index (κ1) is 21.7. The molecule has 0 saturated carbocycles. The molecule has 0 radical (unpaired) electrons. The molecule has 0 spiro atoms. The summed E-state index contributed by atoms with van der Waals surface area (Å²) in [6.07, 6.45) is 1.99. The van der Waals surface area contributed by atoms with Crippen molar-refractivity contribution in [3.05, 3.63) is 29.8 Å². The van der Waals surface area contributed by atoms with E-state index in [1.807, 2.05) is 12.1 Å². The number of ether oxygens (including phenoxy) is 3. The van der Waals surface area contributed by atoms with Gasteiger partial charge in [-0.1, -0.05) is 12.1 Å². The van der Waals surface area contributed by atoms with Crippen molar-refractivity contribution in [3.63, 3.8) is 0 Å². The van der Waals surface area contributed by atoms with Crippen LogP contribution in [0.5, 0.6) is 5.75 Å². The zero-order chi connectivity index (χ0) is 17.3. The zero-order valence-electron chi connectivity index (χ0n) is 15.0. The number of halogens is 1. The number of piperidine rings is 1. The number of para-hydroxylation sites is 1. The van der Waals surface area contributed by atoms with Crippen LogP contribution in [0.15, 0.2) is 24.3 Å². The summed E-state index contributed by atoms with van der Waals surface area (Å²) >= 11 is 0. The Hall–Kier alpha value is -1.34. The minimum atomic E-state index is -0.114. The number of methoxy groups -OCH3 is 2. The summed E-state index contributed by atoms with van der Waals surface area (Å²) in [6, 6.07) is 7.29. The highest BCUT2D eigenvalue weighted by molar-refractivity contribution is 5.96. The quantitative estimate of drug-likeness (QED) is 0.648. The summed E-state index contributed by atoms with van der Waals surface area (Å²) in [5.74, 6) is 0.468. The summed E-state index contributed by atoms with van der Waals surface area (Å²) in [4.78, 5) is 12.6. The Bertz CT molecular complexity index is 516. The third-order valence-corrected chi connectivity index (χ3v) is 4.42. The molecule has 1 aliphatic rings. The maximum atomic E-state index is 12.6. The standard InChI is InChI=1S/C18H28N2O4.ClH/c1-22-11-12-24-16-6-4-3-5-15(16)17(21)20-13-18(14-23-2)7-9-19-10-8-18;/h3-6,19H,7-14H2,1-2H3,(H,20,21);1H. The van der Waals surface area contributed by atoms with Gasteiger partial charge in [-0.05, 0) is 38.1 Å². The summed E-state index contributed by atoms with van der Waals surface area (Å²) in [5, 5.41) is 6.42. The molecule has 0 unspecified atom stereocenters. The van der Waals surface area contributed by atoms with Crippen LogP contribution in [-0.4, -0.2) is 59.6 Å². The summed E-state index contributed by atoms with van der Waals surface area (Å²) in [6.45, 7) is 4.07. The normalized spacial score (nSPS) is 15.9. The number of hydrogen-bond donors (Lipinski definition) is 2. The molecule has 142 valence electrons. The molecule has 2 rings (SSSR count). The van der Waals surface area contributed by atoms with Gasteiger partial charge in [0.1, 0.15) is 12.4 Å². The minimum absolute atomic E-state index is 0. The molecule has 0 atom stereocenters. The third-order valence-electron chi connectivity index (χ3n) is 4.42. The van der Waals surface area contributed by atoms with Crippen molar-refractivity contribution in [1.82, 2.24) is 10.6 Å². The summed E-state index contributed by atoms with van der Waals surface area (Å²) in [7, 11) is 3.33. The van der Waals surface area contributed by atoms with Crippen molar-refractivity contribution in [2.75, 3.05) is 53.7 Å². The lowest BCUT2D eigenvalue weighted by molar-refractivity contribution is 0.0511. The van der Waals surface area contributed by atoms with Crippen LogP contribution < -0.4 is 15.4 Å². The molecule has 1 aromatic rings. The Morgan fingerprint density at radius 1 is 1.16 bits per heavy atom. The van der Waals surface area contributed by atoms with E-state index >= 15 is 0 Å². The first-order valence-corrected chi connectivity index (χ1v) is 8.39. The van der Waals surface area contributed by atoms with Crippen LogP contribution in [-0.2, 0) is 9.47 Å². The van der Waals surface area contributed by atoms with Gasteiger partial charge < -0.3 is 24.8 Å². The molecular weight excluding hydrogens is 344 g/mol. The highest BCUT2D eigenvalue weighted by Crippen LogP contribution is 2.28. The topological polar surface area (TPSA) is 68.8 Å². The third kappa shape index (κ3) is 6.47. The van der Waals surface area contributed by atoms with Gasteiger partial charge in [0.05, 0.1) is 18.8 Å². The molecule has 2 N–H and O–H groups in total. The van der Waals surface area contributed by atoms with E-state index in [1.54, 1.807) is 26.4 Å². The number of benzene rings is 1. The fourth-order valence-electron chi connectivity index (χ4n) is 3.01. The Kier molecular flexibility index (Phi) is 9.82. The maximum absolute atomic E-state index is 12.6. The molecular formula is C18H29ClN2O4. The molecule has 25 heavy (non-hydrogen) atoms. The lowest BCUT2D eigenvalue weighted by atomic mass is 9.79. The largest absolute Gasteiger partial charge is 0.490 e. The highest BCUT2D eigenvalue weighted by atomic mass is 35.5. The van der Waals surface area contributed by atoms with Gasteiger partial charge in [-0.3, -0.25) is 4.79 Å². The van der Waals surface area contributed by atoms with Crippen LogP contribution in [0.2, 0.25) is 0 Å². The Morgan fingerprint density at radius 3 is 2.56 bits per heavy atom. The Morgan fingerprint density at radius 2 is 1.88 bits per heavy atom. The van der Waals surface area contributed by atoms with Crippen LogP contribution in [0.25, 0.3) is 0 Å². The summed E-state index contributed by atoms with van der Waals surface area (Å²) in [5.41, 5.74) is 0.553. The SMILES string of the molecule is COCCOc1ccccc1C(=O)NCC1(COC)CCNCC1.Cl. The van der Waals surface area contributed by atoms with Gasteiger partial charge >= 0.3 is 0 Å². The Balaban J connectivity index is 0.00000312. The number of carbonyl (C=O) groups excluding carboxylic acids is 1. The van der Waals surface area contributed by atoms with E-state index in [-0.39, 0.29) is 23.7 Å². The van der Waals surface area contributed by atoms with Crippen molar-refractivity contribution in [1.29, 1.82) is 0 Å². The van der Waals surface area contributed by atoms with Gasteiger partial charge in [0, 0.05) is 26.2 Å². The smallest absolute Gasteiger partial charge is 0.255 e. The lowest BCUT2D eigenvalue weighted by Crippen LogP contribution is -2.47. The molecule has 6 nitrogen and oxygen atoms in total. The van der Waals surface area contributed by atoms with Crippen LogP contribution in [0, 0.1) is 5.41 Å². The van der Waals surface area contributed by atoms with E-state index in [0.717, 1.165) is 25.9 Å². The fraction of sp³-hybridized carbons (Fsp3) is 0.611. The van der Waals surface area contributed by atoms with E-state index in [1.165, 1.54) is 0 Å². The van der Waals surface area contributed by atoms with Gasteiger partial charge in [0.2, 0.25) is 0 Å². The molecule has 0 aliphatic carbocycles. The van der Waals surface area contributed by atoms with Crippen molar-refractivity contribution in [2.24, 2.45) is 5.41 Å². The molecule has 1 amide bonds. The first-order chi connectivity index (χ1) is 11.7. The van der Waals surface area contributed by atoms with Gasteiger partial charge in [-0.25, -0.2) is 0 Å². The molecule has 1 aliphatic heterocycles. The van der Waals surface area contributed by atoms with Crippen molar-refractivity contribution in [2.45, 2.75) is 12.8 Å². The predicted molar refractivity (Wildman–Crippen MR) is 99.8 cm³/mol. The first-order valence-electron chi connectivity index (χ1n) is 8.39. The average molecular weight is 373 g/mol. The number of amides is 1. The maximum Gasteiger partial charge on any atom is 0.255 e. The lowest BCUT2D eigenvalue weighted by Gasteiger charge is -2.37. The van der Waals surface area contributed by atoms with Crippen molar-refractivity contribution in [3.8, 4) is 5.75 Å². The van der Waals surface area contributed by atoms with E-state index in [4.69, 9.17) is 14.2 Å². The molecule has 1 heterocycles. The van der Waals surface area contributed by atoms with Crippen molar-refractivity contribution < 1.29 is 19.0 Å². The number of carbonyl (C=O) groups is 1. The summed E-state index contributed by atoms with van der Waals surface area (Å²) < 4.78 is 16.0. The average Bonchev–Trinajstić information content (AvgIpc) is 2.61. The molecule has 0 bridgehead atoms. The molecule has 7 heteroatoms. The van der Waals surface area contributed by atoms with Crippen molar-refractivity contribution >= 4 is 18.3 Å². The molecule has 1 saturated heterocycles. The number of hydrogen-bond acceptors (Lipinski definition) is 5. The fourth-order valence-corrected chi connectivity index (χ4v) is 3.01. The second-order valence-corrected chi connectivity index (χ2v) is 6.20. The van der Waals surface area contributed by atoms with Gasteiger partial charge in [-0.15, -0.1) is 12.4 Å². The van der Waals surface area contributed by atoms with Crippen LogP contribution in [0.4, 0.5) is 0 Å². The van der Waals surface area contributed by atoms with Crippen LogP contribution in [0.1, 0.15) is 23.2 Å². The van der Waals surface area contributed by atoms with Gasteiger partial charge in [-0.2, -0.15) is 0 Å². The number of rotatable bonds is 9. The van der Waals surface area contributed by atoms with Gasteiger partial charge in [0.25, 0.3) is 5.91 Å². The molecule has 0 aromatic heterocycles. The van der Waals surface area contributed by atoms with E-state index < -0.39 is 0 Å². The predicted octanol–water partition coefficient (Wildman–Crippen LogP) is 1.88. The minimum Gasteiger partial charge on any atom is -0.490 e. The zero-order valence-corrected chi connectivity index (χ0v) is 15.8. The van der Waals surface area contributed by atoms with Crippen LogP contribution in [0.3, 0.4) is 0 Å². The van der Waals surface area contributed by atoms with E-state index in [9.17, 15) is 4.79 Å². The highest BCUT2D eigenvalue weighted by Gasteiger charge is 2.32. The van der Waals surface area contributed by atoms with E-state index in [0.29, 0.717) is 37.7 Å². The Labute approximate surface area is 156 Å². The van der Waals surface area contributed by atoms with E-state index in [2.05, 4.69) is 10.6 Å². The number of nitrogens with one attached hydrogen (secondary N) is 2. The second-order valence-electron chi connectivity index (χ2n) is 6.20.